The molecule has 6 nitrogen and oxygen atoms in total. The lowest BCUT2D eigenvalue weighted by Gasteiger charge is -2.38. The molecule has 7 heteroatoms. The minimum absolute atomic E-state index is 0. The number of piperidine rings is 1. The summed E-state index contributed by atoms with van der Waals surface area (Å²) in [7, 11) is 1.88. The number of carbonyl (C=O) groups is 1. The van der Waals surface area contributed by atoms with Gasteiger partial charge in [-0.2, -0.15) is 10.1 Å². The third kappa shape index (κ3) is 4.22. The number of hydrogen-bond acceptors (Lipinski definition) is 4. The number of halogens is 1. The molecule has 0 radical (unpaired) electrons. The van der Waals surface area contributed by atoms with Crippen molar-refractivity contribution in [1.29, 1.82) is 0 Å². The van der Waals surface area contributed by atoms with Crippen molar-refractivity contribution in [1.82, 2.24) is 20.1 Å². The monoisotopic (exact) mass is 381 g/mol. The molecule has 0 aromatic carbocycles. The van der Waals surface area contributed by atoms with Crippen LogP contribution < -0.4 is 10.6 Å². The summed E-state index contributed by atoms with van der Waals surface area (Å²) in [5.41, 5.74) is 0. The highest BCUT2D eigenvalue weighted by molar-refractivity contribution is 5.91. The van der Waals surface area contributed by atoms with E-state index in [1.807, 2.05) is 7.05 Å². The average Bonchev–Trinajstić information content (AvgIpc) is 3.02. The lowest BCUT2D eigenvalue weighted by atomic mass is 9.67. The Balaban J connectivity index is 0.00000196. The Bertz CT molecular complexity index is 613. The molecule has 26 heavy (non-hydrogen) atoms. The number of nitrogens with one attached hydrogen (secondary N) is 2. The van der Waals surface area contributed by atoms with Crippen molar-refractivity contribution in [3.63, 3.8) is 0 Å². The zero-order valence-corrected chi connectivity index (χ0v) is 16.6. The molecule has 2 N–H and O–H groups in total. The molecular formula is C19H32ClN5O. The van der Waals surface area contributed by atoms with E-state index in [1.54, 1.807) is 4.68 Å². The summed E-state index contributed by atoms with van der Waals surface area (Å²) in [5, 5.41) is 11.0. The van der Waals surface area contributed by atoms with Gasteiger partial charge < -0.3 is 5.32 Å². The molecular weight excluding hydrogens is 350 g/mol. The van der Waals surface area contributed by atoms with Gasteiger partial charge in [-0.1, -0.05) is 25.7 Å². The van der Waals surface area contributed by atoms with Gasteiger partial charge in [0.2, 0.25) is 11.9 Å². The number of anilines is 1. The first-order chi connectivity index (χ1) is 12.2. The molecule has 2 heterocycles. The maximum Gasteiger partial charge on any atom is 0.229 e. The van der Waals surface area contributed by atoms with Crippen molar-refractivity contribution in [3.05, 3.63) is 5.82 Å². The number of amides is 1. The van der Waals surface area contributed by atoms with Crippen LogP contribution in [0, 0.1) is 17.8 Å². The second-order valence-corrected chi connectivity index (χ2v) is 8.25. The molecule has 0 bridgehead atoms. The minimum atomic E-state index is 0. The van der Waals surface area contributed by atoms with Gasteiger partial charge in [-0.05, 0) is 57.0 Å². The number of aryl methyl sites for hydroxylation is 1. The maximum atomic E-state index is 12.8. The summed E-state index contributed by atoms with van der Waals surface area (Å²) in [6.07, 6.45) is 10.9. The van der Waals surface area contributed by atoms with Crippen LogP contribution in [-0.4, -0.2) is 33.8 Å². The van der Waals surface area contributed by atoms with E-state index in [2.05, 4.69) is 20.7 Å². The molecule has 3 aliphatic rings. The standard InChI is InChI=1S/C19H31N5O.ClH/c1-24-19(21-17(23-24)14-8-10-20-11-9-14)22-18(25)16-7-6-13-4-2-3-5-15(13)12-16;/h13-16,20H,2-12H2,1H3,(H,21,22,23,25);1H. The summed E-state index contributed by atoms with van der Waals surface area (Å²) >= 11 is 0. The molecule has 1 aromatic heterocycles. The van der Waals surface area contributed by atoms with Gasteiger partial charge in [0.15, 0.2) is 5.82 Å². The Morgan fingerprint density at radius 3 is 2.58 bits per heavy atom. The first kappa shape index (κ1) is 19.6. The topological polar surface area (TPSA) is 71.8 Å². The summed E-state index contributed by atoms with van der Waals surface area (Å²) in [6.45, 7) is 2.05. The summed E-state index contributed by atoms with van der Waals surface area (Å²) in [4.78, 5) is 17.4. The Hall–Kier alpha value is -1.14. The number of hydrogen-bond donors (Lipinski definition) is 2. The van der Waals surface area contributed by atoms with Crippen LogP contribution in [0.4, 0.5) is 5.95 Å². The summed E-state index contributed by atoms with van der Waals surface area (Å²) < 4.78 is 1.74. The van der Waals surface area contributed by atoms with Crippen LogP contribution >= 0.6 is 12.4 Å². The molecule has 1 aromatic rings. The number of carbonyl (C=O) groups excluding carboxylic acids is 1. The molecule has 4 rings (SSSR count). The maximum absolute atomic E-state index is 12.8. The SMILES string of the molecule is Cl.Cn1nc(C2CCNCC2)nc1NC(=O)C1CCC2CCCCC2C1. The number of rotatable bonds is 3. The third-order valence-corrected chi connectivity index (χ3v) is 6.63. The van der Waals surface area contributed by atoms with E-state index < -0.39 is 0 Å². The van der Waals surface area contributed by atoms with Gasteiger partial charge in [-0.25, -0.2) is 4.68 Å². The van der Waals surface area contributed by atoms with Crippen LogP contribution in [0.15, 0.2) is 0 Å². The van der Waals surface area contributed by atoms with Gasteiger partial charge >= 0.3 is 0 Å². The normalized spacial score (nSPS) is 29.5. The number of aromatic nitrogens is 3. The molecule has 3 fully saturated rings. The second kappa shape index (κ2) is 8.70. The van der Waals surface area contributed by atoms with E-state index in [0.717, 1.165) is 56.4 Å². The van der Waals surface area contributed by atoms with Crippen LogP contribution in [0.25, 0.3) is 0 Å². The van der Waals surface area contributed by atoms with Gasteiger partial charge in [0.25, 0.3) is 0 Å². The quantitative estimate of drug-likeness (QED) is 0.843. The molecule has 0 spiro atoms. The van der Waals surface area contributed by atoms with Gasteiger partial charge in [-0.3, -0.25) is 10.1 Å². The van der Waals surface area contributed by atoms with Crippen molar-refractivity contribution < 1.29 is 4.79 Å². The van der Waals surface area contributed by atoms with Crippen molar-refractivity contribution >= 4 is 24.3 Å². The van der Waals surface area contributed by atoms with E-state index in [-0.39, 0.29) is 24.2 Å². The molecule has 1 saturated heterocycles. The molecule has 146 valence electrons. The van der Waals surface area contributed by atoms with E-state index in [4.69, 9.17) is 0 Å². The molecule has 1 aliphatic heterocycles. The Labute approximate surface area is 162 Å². The van der Waals surface area contributed by atoms with E-state index in [0.29, 0.717) is 11.9 Å². The largest absolute Gasteiger partial charge is 0.317 e. The Morgan fingerprint density at radius 1 is 1.08 bits per heavy atom. The van der Waals surface area contributed by atoms with Crippen LogP contribution in [0.5, 0.6) is 0 Å². The summed E-state index contributed by atoms with van der Waals surface area (Å²) in [6, 6.07) is 0. The molecule has 1 amide bonds. The smallest absolute Gasteiger partial charge is 0.229 e. The predicted octanol–water partition coefficient (Wildman–Crippen LogP) is 3.25. The fourth-order valence-electron chi connectivity index (χ4n) is 5.09. The average molecular weight is 382 g/mol. The minimum Gasteiger partial charge on any atom is -0.317 e. The van der Waals surface area contributed by atoms with Crippen molar-refractivity contribution in [2.75, 3.05) is 18.4 Å². The van der Waals surface area contributed by atoms with Crippen molar-refractivity contribution in [2.24, 2.45) is 24.8 Å². The second-order valence-electron chi connectivity index (χ2n) is 8.25. The Morgan fingerprint density at radius 2 is 1.81 bits per heavy atom. The van der Waals surface area contributed by atoms with Crippen molar-refractivity contribution in [3.8, 4) is 0 Å². The highest BCUT2D eigenvalue weighted by atomic mass is 35.5. The first-order valence-corrected chi connectivity index (χ1v) is 10.1. The van der Waals surface area contributed by atoms with Crippen LogP contribution in [0.2, 0.25) is 0 Å². The number of nitrogens with zero attached hydrogens (tertiary/aromatic N) is 3. The third-order valence-electron chi connectivity index (χ3n) is 6.63. The lowest BCUT2D eigenvalue weighted by molar-refractivity contribution is -0.122. The van der Waals surface area contributed by atoms with Gasteiger partial charge in [-0.15, -0.1) is 12.4 Å². The predicted molar refractivity (Wildman–Crippen MR) is 105 cm³/mol. The van der Waals surface area contributed by atoms with E-state index >= 15 is 0 Å². The molecule has 2 saturated carbocycles. The molecule has 2 aliphatic carbocycles. The molecule has 3 atom stereocenters. The van der Waals surface area contributed by atoms with E-state index in [9.17, 15) is 4.79 Å². The first-order valence-electron chi connectivity index (χ1n) is 10.1. The van der Waals surface area contributed by atoms with Crippen LogP contribution in [0.3, 0.4) is 0 Å². The van der Waals surface area contributed by atoms with Crippen LogP contribution in [-0.2, 0) is 11.8 Å². The number of fused-ring (bicyclic) bond motifs is 1. The highest BCUT2D eigenvalue weighted by Crippen LogP contribution is 2.42. The zero-order valence-electron chi connectivity index (χ0n) is 15.7. The fourth-order valence-corrected chi connectivity index (χ4v) is 5.09. The van der Waals surface area contributed by atoms with Crippen LogP contribution in [0.1, 0.15) is 69.5 Å². The fraction of sp³-hybridized carbons (Fsp3) is 0.842. The Kier molecular flexibility index (Phi) is 6.56. The lowest BCUT2D eigenvalue weighted by Crippen LogP contribution is -2.34. The molecule has 3 unspecified atom stereocenters. The van der Waals surface area contributed by atoms with Gasteiger partial charge in [0.05, 0.1) is 0 Å². The summed E-state index contributed by atoms with van der Waals surface area (Å²) in [5.74, 6) is 3.85. The van der Waals surface area contributed by atoms with Crippen molar-refractivity contribution in [2.45, 2.75) is 63.7 Å². The van der Waals surface area contributed by atoms with E-state index in [1.165, 1.54) is 32.1 Å². The van der Waals surface area contributed by atoms with Gasteiger partial charge in [0.1, 0.15) is 0 Å². The zero-order chi connectivity index (χ0) is 17.2. The van der Waals surface area contributed by atoms with Gasteiger partial charge in [0, 0.05) is 18.9 Å². The highest BCUT2D eigenvalue weighted by Gasteiger charge is 2.35.